The van der Waals surface area contributed by atoms with Crippen LogP contribution in [0.5, 0.6) is 0 Å². The molecule has 32 heavy (non-hydrogen) atoms. The lowest BCUT2D eigenvalue weighted by molar-refractivity contribution is -0.117. The normalized spacial score (nSPS) is 13.9. The summed E-state index contributed by atoms with van der Waals surface area (Å²) in [5, 5.41) is 6.16. The number of nitrogens with zero attached hydrogens (tertiary/aromatic N) is 2. The lowest BCUT2D eigenvalue weighted by Crippen LogP contribution is -2.44. The van der Waals surface area contributed by atoms with Gasteiger partial charge < -0.3 is 5.32 Å². The van der Waals surface area contributed by atoms with Gasteiger partial charge in [-0.3, -0.25) is 19.5 Å². The van der Waals surface area contributed by atoms with Gasteiger partial charge in [0.2, 0.25) is 5.91 Å². The molecule has 0 saturated heterocycles. The first-order chi connectivity index (χ1) is 15.5. The number of thioether (sulfide) groups is 1. The predicted octanol–water partition coefficient (Wildman–Crippen LogP) is 4.17. The smallest absolute Gasteiger partial charge is 0.321 e. The molecule has 1 fully saturated rings. The number of imide groups is 1. The third-order valence-corrected chi connectivity index (χ3v) is 7.32. The highest BCUT2D eigenvalue weighted by Crippen LogP contribution is 2.32. The molecule has 2 aromatic heterocycles. The van der Waals surface area contributed by atoms with Crippen molar-refractivity contribution in [2.45, 2.75) is 43.4 Å². The van der Waals surface area contributed by atoms with Crippen LogP contribution in [0.2, 0.25) is 0 Å². The lowest BCUT2D eigenvalue weighted by atomic mass is 10.2. The van der Waals surface area contributed by atoms with Crippen LogP contribution >= 0.6 is 23.1 Å². The van der Waals surface area contributed by atoms with Crippen molar-refractivity contribution in [1.82, 2.24) is 20.2 Å². The fraction of sp³-hybridized carbons (Fsp3) is 0.304. The zero-order chi connectivity index (χ0) is 22.5. The largest absolute Gasteiger partial charge is 0.335 e. The summed E-state index contributed by atoms with van der Waals surface area (Å²) in [5.74, 6) is -0.453. The van der Waals surface area contributed by atoms with Crippen molar-refractivity contribution in [1.29, 1.82) is 0 Å². The van der Waals surface area contributed by atoms with E-state index < -0.39 is 11.9 Å². The van der Waals surface area contributed by atoms with Gasteiger partial charge in [-0.2, -0.15) is 0 Å². The Hall–Kier alpha value is -2.91. The minimum Gasteiger partial charge on any atom is -0.335 e. The SMILES string of the molecule is C=CCn1c(SCC(=O)NC(=O)NC2CCCC2)nc2sc(-c3ccccc3)cc2c1=O. The Bertz CT molecular complexity index is 1200. The van der Waals surface area contributed by atoms with Gasteiger partial charge in [0.15, 0.2) is 5.16 Å². The van der Waals surface area contributed by atoms with E-state index >= 15 is 0 Å². The first-order valence-corrected chi connectivity index (χ1v) is 12.3. The van der Waals surface area contributed by atoms with Gasteiger partial charge in [-0.05, 0) is 24.5 Å². The Morgan fingerprint density at radius 1 is 1.25 bits per heavy atom. The number of nitrogens with one attached hydrogen (secondary N) is 2. The Kier molecular flexibility index (Phi) is 7.06. The number of carbonyl (C=O) groups excluding carboxylic acids is 2. The second-order valence-corrected chi connectivity index (χ2v) is 9.56. The van der Waals surface area contributed by atoms with Crippen LogP contribution < -0.4 is 16.2 Å². The Labute approximate surface area is 193 Å². The molecule has 9 heteroatoms. The molecule has 0 unspecified atom stereocenters. The van der Waals surface area contributed by atoms with Crippen molar-refractivity contribution in [2.24, 2.45) is 0 Å². The summed E-state index contributed by atoms with van der Waals surface area (Å²) < 4.78 is 1.51. The van der Waals surface area contributed by atoms with Crippen LogP contribution in [0.15, 0.2) is 59.0 Å². The number of hydrogen-bond acceptors (Lipinski definition) is 6. The van der Waals surface area contributed by atoms with Gasteiger partial charge in [-0.25, -0.2) is 9.78 Å². The molecule has 1 aromatic carbocycles. The van der Waals surface area contributed by atoms with Crippen LogP contribution in [0.1, 0.15) is 25.7 Å². The van der Waals surface area contributed by atoms with E-state index in [1.807, 2.05) is 36.4 Å². The molecule has 1 aliphatic carbocycles. The molecule has 7 nitrogen and oxygen atoms in total. The Morgan fingerprint density at radius 2 is 2.00 bits per heavy atom. The number of rotatable bonds is 7. The zero-order valence-corrected chi connectivity index (χ0v) is 19.1. The minimum atomic E-state index is -0.472. The molecule has 4 rings (SSSR count). The van der Waals surface area contributed by atoms with Crippen LogP contribution in [0, 0.1) is 0 Å². The number of hydrogen-bond donors (Lipinski definition) is 2. The highest BCUT2D eigenvalue weighted by atomic mass is 32.2. The molecule has 0 atom stereocenters. The van der Waals surface area contributed by atoms with Gasteiger partial charge in [0.1, 0.15) is 4.83 Å². The van der Waals surface area contributed by atoms with Gasteiger partial charge >= 0.3 is 6.03 Å². The lowest BCUT2D eigenvalue weighted by Gasteiger charge is -2.12. The third kappa shape index (κ3) is 5.11. The molecular weight excluding hydrogens is 444 g/mol. The van der Waals surface area contributed by atoms with Gasteiger partial charge in [-0.15, -0.1) is 17.9 Å². The molecule has 166 valence electrons. The maximum atomic E-state index is 13.1. The monoisotopic (exact) mass is 468 g/mol. The molecule has 0 radical (unpaired) electrons. The highest BCUT2D eigenvalue weighted by Gasteiger charge is 2.19. The van der Waals surface area contributed by atoms with E-state index in [1.54, 1.807) is 6.08 Å². The summed E-state index contributed by atoms with van der Waals surface area (Å²) in [7, 11) is 0. The summed E-state index contributed by atoms with van der Waals surface area (Å²) >= 11 is 2.57. The van der Waals surface area contributed by atoms with Crippen molar-refractivity contribution in [3.8, 4) is 10.4 Å². The van der Waals surface area contributed by atoms with Crippen molar-refractivity contribution in [3.63, 3.8) is 0 Å². The van der Waals surface area contributed by atoms with Gasteiger partial charge in [0.05, 0.1) is 11.1 Å². The number of fused-ring (bicyclic) bond motifs is 1. The van der Waals surface area contributed by atoms with Crippen molar-refractivity contribution >= 4 is 45.3 Å². The Morgan fingerprint density at radius 3 is 2.72 bits per heavy atom. The summed E-state index contributed by atoms with van der Waals surface area (Å²) in [6.45, 7) is 4.01. The number of urea groups is 1. The van der Waals surface area contributed by atoms with Crippen LogP contribution in [0.4, 0.5) is 4.79 Å². The number of carbonyl (C=O) groups is 2. The first kappa shape index (κ1) is 22.3. The highest BCUT2D eigenvalue weighted by molar-refractivity contribution is 7.99. The molecule has 0 bridgehead atoms. The second kappa shape index (κ2) is 10.1. The fourth-order valence-electron chi connectivity index (χ4n) is 3.73. The van der Waals surface area contributed by atoms with Crippen molar-refractivity contribution in [3.05, 3.63) is 59.4 Å². The first-order valence-electron chi connectivity index (χ1n) is 10.5. The summed E-state index contributed by atoms with van der Waals surface area (Å²) in [6.07, 6.45) is 5.70. The van der Waals surface area contributed by atoms with E-state index in [2.05, 4.69) is 22.2 Å². The second-order valence-electron chi connectivity index (χ2n) is 7.59. The maximum absolute atomic E-state index is 13.1. The molecule has 3 amide bonds. The molecule has 1 saturated carbocycles. The number of aromatic nitrogens is 2. The van der Waals surface area contributed by atoms with Crippen molar-refractivity contribution < 1.29 is 9.59 Å². The molecule has 2 N–H and O–H groups in total. The van der Waals surface area contributed by atoms with E-state index in [0.29, 0.717) is 15.4 Å². The molecule has 3 aromatic rings. The number of allylic oxidation sites excluding steroid dienone is 1. The average molecular weight is 469 g/mol. The minimum absolute atomic E-state index is 0.0237. The summed E-state index contributed by atoms with van der Waals surface area (Å²) in [6, 6.07) is 11.3. The van der Waals surface area contributed by atoms with E-state index in [-0.39, 0.29) is 23.9 Å². The number of thiophene rings is 1. The molecular formula is C23H24N4O3S2. The van der Waals surface area contributed by atoms with Gasteiger partial charge in [-0.1, -0.05) is 61.0 Å². The third-order valence-electron chi connectivity index (χ3n) is 5.26. The van der Waals surface area contributed by atoms with Crippen LogP contribution in [0.25, 0.3) is 20.7 Å². The van der Waals surface area contributed by atoms with E-state index in [0.717, 1.165) is 47.9 Å². The van der Waals surface area contributed by atoms with Crippen molar-refractivity contribution in [2.75, 3.05) is 5.75 Å². The van der Waals surface area contributed by atoms with Gasteiger partial charge in [0.25, 0.3) is 5.56 Å². The van der Waals surface area contributed by atoms with E-state index in [9.17, 15) is 14.4 Å². The molecule has 0 spiro atoms. The van der Waals surface area contributed by atoms with E-state index in [4.69, 9.17) is 0 Å². The number of benzene rings is 1. The standard InChI is InChI=1S/C23H24N4O3S2/c1-2-12-27-21(29)17-13-18(15-8-4-3-5-9-15)32-20(17)26-23(27)31-14-19(28)25-22(30)24-16-10-6-7-11-16/h2-5,8-9,13,16H,1,6-7,10-12,14H2,(H2,24,25,28,30). The number of amides is 3. The van der Waals surface area contributed by atoms with Crippen LogP contribution in [-0.2, 0) is 11.3 Å². The zero-order valence-electron chi connectivity index (χ0n) is 17.5. The van der Waals surface area contributed by atoms with E-state index in [1.165, 1.54) is 15.9 Å². The average Bonchev–Trinajstić information content (AvgIpc) is 3.45. The van der Waals surface area contributed by atoms with Crippen LogP contribution in [0.3, 0.4) is 0 Å². The summed E-state index contributed by atoms with van der Waals surface area (Å²) in [5.41, 5.74) is 0.849. The Balaban J connectivity index is 1.51. The quantitative estimate of drug-likeness (QED) is 0.308. The molecule has 0 aliphatic heterocycles. The van der Waals surface area contributed by atoms with Crippen LogP contribution in [-0.4, -0.2) is 33.3 Å². The van der Waals surface area contributed by atoms with Gasteiger partial charge in [0, 0.05) is 17.5 Å². The predicted molar refractivity (Wildman–Crippen MR) is 129 cm³/mol. The fourth-order valence-corrected chi connectivity index (χ4v) is 5.61. The topological polar surface area (TPSA) is 93.1 Å². The maximum Gasteiger partial charge on any atom is 0.321 e. The molecule has 1 aliphatic rings. The summed E-state index contributed by atoms with van der Waals surface area (Å²) in [4.78, 5) is 43.6. The molecule has 2 heterocycles.